The lowest BCUT2D eigenvalue weighted by molar-refractivity contribution is 0.425. The summed E-state index contributed by atoms with van der Waals surface area (Å²) in [4.78, 5) is 0. The second-order valence-electron chi connectivity index (χ2n) is 2.92. The number of hydrogen-bond donors (Lipinski definition) is 3. The van der Waals surface area contributed by atoms with Gasteiger partial charge in [0.05, 0.1) is 0 Å². The molecule has 1 atom stereocenters. The van der Waals surface area contributed by atoms with Crippen LogP contribution in [0.2, 0.25) is 0 Å². The molecule has 1 aromatic carbocycles. The Labute approximate surface area is 91.5 Å². The molecule has 0 bridgehead atoms. The quantitative estimate of drug-likeness (QED) is 0.412. The van der Waals surface area contributed by atoms with Gasteiger partial charge in [-0.2, -0.15) is 0 Å². The maximum atomic E-state index is 8.88. The average Bonchev–Trinajstić information content (AvgIpc) is 2.08. The highest BCUT2D eigenvalue weighted by Gasteiger charge is 2.13. The number of benzene rings is 1. The zero-order chi connectivity index (χ0) is 12.0. The van der Waals surface area contributed by atoms with Gasteiger partial charge in [-0.25, -0.2) is 0 Å². The Balaban J connectivity index is 0.000000423. The highest BCUT2D eigenvalue weighted by atomic mass is 32.2. The average molecular weight is 230 g/mol. The normalized spacial score (nSPS) is 11.3. The lowest BCUT2D eigenvalue weighted by Gasteiger charge is -2.05. The van der Waals surface area contributed by atoms with E-state index in [9.17, 15) is 0 Å². The second-order valence-corrected chi connectivity index (χ2v) is 3.44. The molecule has 0 saturated heterocycles. The molecule has 0 spiro atoms. The van der Waals surface area contributed by atoms with Gasteiger partial charge in [0.25, 0.3) is 0 Å². The first-order valence-corrected chi connectivity index (χ1v) is 5.26. The van der Waals surface area contributed by atoms with Crippen LogP contribution < -0.4 is 10.6 Å². The minimum absolute atomic E-state index is 0.588. The van der Waals surface area contributed by atoms with E-state index in [1.165, 1.54) is 0 Å². The van der Waals surface area contributed by atoms with Gasteiger partial charge >= 0.3 is 7.12 Å². The third kappa shape index (κ3) is 5.65. The fourth-order valence-electron chi connectivity index (χ4n) is 1.05. The van der Waals surface area contributed by atoms with Crippen LogP contribution in [0, 0.1) is 13.8 Å². The van der Waals surface area contributed by atoms with Gasteiger partial charge in [0.2, 0.25) is 0 Å². The van der Waals surface area contributed by atoms with E-state index in [4.69, 9.17) is 18.8 Å². The highest BCUT2D eigenvalue weighted by molar-refractivity contribution is 7.76. The van der Waals surface area contributed by atoms with Gasteiger partial charge in [0.1, 0.15) is 0 Å². The standard InChI is InChI=1S/C8H11BO2.H3NO2S/c1-6-4-3-5-8(7(6)2)9(10)11;1-4(2)3/h3-5,10-11H,1-2H3;1H2,(H,2,3)/p-1. The minimum Gasteiger partial charge on any atom is -0.760 e. The van der Waals surface area contributed by atoms with Crippen LogP contribution >= 0.6 is 0 Å². The van der Waals surface area contributed by atoms with E-state index in [-0.39, 0.29) is 0 Å². The van der Waals surface area contributed by atoms with E-state index in [0.29, 0.717) is 5.46 Å². The third-order valence-corrected chi connectivity index (χ3v) is 1.92. The highest BCUT2D eigenvalue weighted by Crippen LogP contribution is 2.02. The second kappa shape index (κ2) is 6.70. The molecule has 7 heteroatoms. The maximum absolute atomic E-state index is 8.88. The molecule has 4 N–H and O–H groups in total. The van der Waals surface area contributed by atoms with Crippen molar-refractivity contribution in [3.63, 3.8) is 0 Å². The zero-order valence-electron chi connectivity index (χ0n) is 8.51. The number of rotatable bonds is 1. The summed E-state index contributed by atoms with van der Waals surface area (Å²) in [5.41, 5.74) is 2.61. The molecule has 1 rings (SSSR count). The minimum atomic E-state index is -2.36. The Morgan fingerprint density at radius 2 is 1.87 bits per heavy atom. The largest absolute Gasteiger partial charge is 0.760 e. The number of hydrogen-bond acceptors (Lipinski definition) is 4. The fraction of sp³-hybridized carbons (Fsp3) is 0.250. The van der Waals surface area contributed by atoms with Gasteiger partial charge in [0.15, 0.2) is 0 Å². The molecule has 1 aromatic rings. The molecule has 84 valence electrons. The molecule has 0 amide bonds. The Hall–Kier alpha value is -0.725. The van der Waals surface area contributed by atoms with Crippen LogP contribution in [0.5, 0.6) is 0 Å². The summed E-state index contributed by atoms with van der Waals surface area (Å²) < 4.78 is 17.6. The van der Waals surface area contributed by atoms with Crippen molar-refractivity contribution in [1.29, 1.82) is 0 Å². The molecule has 0 saturated carbocycles. The molecular formula is C8H13BNO4S-. The Morgan fingerprint density at radius 1 is 1.40 bits per heavy atom. The molecule has 1 unspecified atom stereocenters. The smallest absolute Gasteiger partial charge is 0.488 e. The molecule has 0 aliphatic heterocycles. The van der Waals surface area contributed by atoms with E-state index in [2.05, 4.69) is 5.14 Å². The maximum Gasteiger partial charge on any atom is 0.488 e. The molecule has 0 aromatic heterocycles. The Morgan fingerprint density at radius 3 is 2.20 bits per heavy atom. The molecule has 5 nitrogen and oxygen atoms in total. The Kier molecular flexibility index (Phi) is 6.38. The zero-order valence-corrected chi connectivity index (χ0v) is 9.32. The summed E-state index contributed by atoms with van der Waals surface area (Å²) in [6, 6.07) is 5.48. The van der Waals surface area contributed by atoms with Crippen LogP contribution in [-0.4, -0.2) is 25.9 Å². The van der Waals surface area contributed by atoms with Gasteiger partial charge in [-0.1, -0.05) is 18.2 Å². The predicted octanol–water partition coefficient (Wildman–Crippen LogP) is -1.28. The molecular weight excluding hydrogens is 217 g/mol. The van der Waals surface area contributed by atoms with E-state index in [1.54, 1.807) is 6.07 Å². The SMILES string of the molecule is Cc1cccc(B(O)O)c1C.NS(=O)[O-]. The van der Waals surface area contributed by atoms with Crippen molar-refractivity contribution in [2.45, 2.75) is 13.8 Å². The molecule has 0 fully saturated rings. The summed E-state index contributed by atoms with van der Waals surface area (Å²) >= 11 is -2.36. The number of nitrogens with two attached hydrogens (primary N) is 1. The molecule has 15 heavy (non-hydrogen) atoms. The van der Waals surface area contributed by atoms with Crippen molar-refractivity contribution in [1.82, 2.24) is 0 Å². The molecule has 0 aliphatic carbocycles. The Bertz CT molecular complexity index is 341. The molecule has 0 radical (unpaired) electrons. The van der Waals surface area contributed by atoms with Gasteiger partial charge < -0.3 is 14.6 Å². The van der Waals surface area contributed by atoms with Crippen LogP contribution in [0.15, 0.2) is 18.2 Å². The lowest BCUT2D eigenvalue weighted by atomic mass is 9.76. The summed E-state index contributed by atoms with van der Waals surface area (Å²) in [7, 11) is -1.35. The van der Waals surface area contributed by atoms with Crippen molar-refractivity contribution in [3.8, 4) is 0 Å². The number of aryl methyl sites for hydroxylation is 1. The monoisotopic (exact) mass is 230 g/mol. The summed E-state index contributed by atoms with van der Waals surface area (Å²) in [6.45, 7) is 3.82. The lowest BCUT2D eigenvalue weighted by Crippen LogP contribution is -2.32. The van der Waals surface area contributed by atoms with Crippen LogP contribution in [-0.2, 0) is 11.3 Å². The van der Waals surface area contributed by atoms with E-state index >= 15 is 0 Å². The van der Waals surface area contributed by atoms with Crippen molar-refractivity contribution in [2.75, 3.05) is 0 Å². The van der Waals surface area contributed by atoms with Crippen molar-refractivity contribution >= 4 is 23.8 Å². The van der Waals surface area contributed by atoms with E-state index in [1.807, 2.05) is 26.0 Å². The van der Waals surface area contributed by atoms with Crippen molar-refractivity contribution in [3.05, 3.63) is 29.3 Å². The summed E-state index contributed by atoms with van der Waals surface area (Å²) in [5, 5.41) is 21.8. The third-order valence-electron chi connectivity index (χ3n) is 1.92. The van der Waals surface area contributed by atoms with Crippen LogP contribution in [0.4, 0.5) is 0 Å². The first kappa shape index (κ1) is 14.3. The van der Waals surface area contributed by atoms with E-state index < -0.39 is 18.4 Å². The summed E-state index contributed by atoms with van der Waals surface area (Å²) in [6.07, 6.45) is 0. The van der Waals surface area contributed by atoms with Crippen LogP contribution in [0.3, 0.4) is 0 Å². The van der Waals surface area contributed by atoms with Gasteiger partial charge in [-0.3, -0.25) is 9.35 Å². The van der Waals surface area contributed by atoms with Crippen molar-refractivity contribution in [2.24, 2.45) is 5.14 Å². The predicted molar refractivity (Wildman–Crippen MR) is 58.8 cm³/mol. The van der Waals surface area contributed by atoms with Gasteiger partial charge in [-0.05, 0) is 30.4 Å². The fourth-order valence-corrected chi connectivity index (χ4v) is 1.05. The first-order chi connectivity index (χ1) is 6.86. The van der Waals surface area contributed by atoms with E-state index in [0.717, 1.165) is 11.1 Å². The van der Waals surface area contributed by atoms with Gasteiger partial charge in [-0.15, -0.1) is 0 Å². The molecule has 0 heterocycles. The first-order valence-electron chi connectivity index (χ1n) is 4.12. The van der Waals surface area contributed by atoms with Crippen LogP contribution in [0.25, 0.3) is 0 Å². The topological polar surface area (TPSA) is 107 Å². The van der Waals surface area contributed by atoms with Gasteiger partial charge in [0, 0.05) is 11.3 Å². The summed E-state index contributed by atoms with van der Waals surface area (Å²) in [5.74, 6) is 0. The van der Waals surface area contributed by atoms with Crippen LogP contribution in [0.1, 0.15) is 11.1 Å². The molecule has 0 aliphatic rings. The van der Waals surface area contributed by atoms with Crippen molar-refractivity contribution < 1.29 is 18.8 Å².